The second-order valence-corrected chi connectivity index (χ2v) is 9.96. The van der Waals surface area contributed by atoms with Crippen LogP contribution in [0.3, 0.4) is 0 Å². The number of likely N-dealkylation sites (N-methyl/N-ethyl adjacent to an activating group) is 1. The number of unbranched alkanes of at least 4 members (excludes halogenated alkanes) is 1. The average Bonchev–Trinajstić information content (AvgIpc) is 2.60. The Bertz CT molecular complexity index is 515. The number of nitrogens with one attached hydrogen (secondary N) is 1. The van der Waals surface area contributed by atoms with E-state index in [0.29, 0.717) is 11.5 Å². The van der Waals surface area contributed by atoms with Gasteiger partial charge >= 0.3 is 0 Å². The lowest BCUT2D eigenvalue weighted by atomic mass is 10.1. The molecule has 2 N–H and O–H groups in total. The zero-order valence-corrected chi connectivity index (χ0v) is 17.3. The molecule has 0 fully saturated rings. The van der Waals surface area contributed by atoms with Gasteiger partial charge in [0.25, 0.3) is 5.91 Å². The van der Waals surface area contributed by atoms with Gasteiger partial charge in [-0.1, -0.05) is 57.0 Å². The molecule has 0 aromatic heterocycles. The summed E-state index contributed by atoms with van der Waals surface area (Å²) in [4.78, 5) is 11.6. The first-order valence-corrected chi connectivity index (χ1v) is 11.7. The van der Waals surface area contributed by atoms with Gasteiger partial charge in [0.15, 0.2) is 0 Å². The lowest BCUT2D eigenvalue weighted by molar-refractivity contribution is -0.163. The summed E-state index contributed by atoms with van der Waals surface area (Å²) in [7, 11) is -2.37. The summed E-state index contributed by atoms with van der Waals surface area (Å²) < 4.78 is 12.3. The van der Waals surface area contributed by atoms with Gasteiger partial charge in [-0.25, -0.2) is 5.06 Å². The third-order valence-corrected chi connectivity index (χ3v) is 5.82. The molecule has 0 saturated heterocycles. The quantitative estimate of drug-likeness (QED) is 0.388. The van der Waals surface area contributed by atoms with Crippen molar-refractivity contribution < 1.29 is 14.6 Å². The summed E-state index contributed by atoms with van der Waals surface area (Å²) in [5.74, 6) is -0.637. The fraction of sp³-hybridized carbons (Fsp3) is 0.632. The van der Waals surface area contributed by atoms with Crippen molar-refractivity contribution in [2.75, 3.05) is 26.4 Å². The second kappa shape index (κ2) is 13.1. The molecule has 0 aliphatic heterocycles. The largest absolute Gasteiger partial charge is 0.323 e. The summed E-state index contributed by atoms with van der Waals surface area (Å²) in [6.07, 6.45) is 4.13. The van der Waals surface area contributed by atoms with Gasteiger partial charge in [0.05, 0.1) is 19.5 Å². The maximum absolute atomic E-state index is 12.3. The van der Waals surface area contributed by atoms with Gasteiger partial charge in [-0.3, -0.25) is 15.3 Å². The van der Waals surface area contributed by atoms with Crippen molar-refractivity contribution in [3.63, 3.8) is 0 Å². The number of nitrogens with zero attached hydrogens (tertiary/aromatic N) is 1. The van der Waals surface area contributed by atoms with Crippen LogP contribution in [0.25, 0.3) is 0 Å². The molecule has 0 radical (unpaired) electrons. The molecule has 1 amide bonds. The van der Waals surface area contributed by atoms with Crippen molar-refractivity contribution in [3.8, 4) is 0 Å². The minimum absolute atomic E-state index is 0.00450. The van der Waals surface area contributed by atoms with Crippen LogP contribution in [-0.2, 0) is 15.8 Å². The Balaban J connectivity index is 0.00000129. The molecule has 1 aromatic rings. The van der Waals surface area contributed by atoms with E-state index in [1.54, 1.807) is 20.3 Å². The number of aryl methyl sites for hydroxylation is 1. The van der Waals surface area contributed by atoms with E-state index >= 15 is 0 Å². The molecule has 0 aliphatic carbocycles. The SMILES string of the molecule is CCCC.CCN(O)C(=O)CNC(CCc1ccccc1)P(C)(C)=O. The smallest absolute Gasteiger partial charge is 0.259 e. The summed E-state index contributed by atoms with van der Waals surface area (Å²) >= 11 is 0. The molecule has 1 rings (SSSR count). The lowest BCUT2D eigenvalue weighted by Crippen LogP contribution is -2.40. The first-order chi connectivity index (χ1) is 11.8. The van der Waals surface area contributed by atoms with Crippen LogP contribution in [0.2, 0.25) is 0 Å². The highest BCUT2D eigenvalue weighted by Crippen LogP contribution is 2.42. The number of rotatable bonds is 9. The number of carbonyl (C=O) groups excluding carboxylic acids is 1. The van der Waals surface area contributed by atoms with Crippen molar-refractivity contribution >= 4 is 13.0 Å². The normalized spacial score (nSPS) is 12.1. The van der Waals surface area contributed by atoms with E-state index in [1.807, 2.05) is 30.3 Å². The van der Waals surface area contributed by atoms with E-state index in [9.17, 15) is 14.6 Å². The molecule has 0 heterocycles. The molecule has 0 aliphatic rings. The van der Waals surface area contributed by atoms with Crippen molar-refractivity contribution in [2.24, 2.45) is 0 Å². The molecule has 25 heavy (non-hydrogen) atoms. The summed E-state index contributed by atoms with van der Waals surface area (Å²) in [5.41, 5.74) is 1.18. The van der Waals surface area contributed by atoms with Crippen molar-refractivity contribution in [3.05, 3.63) is 35.9 Å². The maximum atomic E-state index is 12.3. The van der Waals surface area contributed by atoms with E-state index in [-0.39, 0.29) is 18.9 Å². The zero-order valence-electron chi connectivity index (χ0n) is 16.4. The monoisotopic (exact) mass is 370 g/mol. The topological polar surface area (TPSA) is 69.6 Å². The molecule has 1 aromatic carbocycles. The van der Waals surface area contributed by atoms with E-state index in [0.717, 1.165) is 6.42 Å². The Kier molecular flexibility index (Phi) is 12.5. The fourth-order valence-corrected chi connectivity index (χ4v) is 3.34. The van der Waals surface area contributed by atoms with Gasteiger partial charge in [-0.05, 0) is 38.7 Å². The second-order valence-electron chi connectivity index (χ2n) is 6.46. The highest BCUT2D eigenvalue weighted by Gasteiger charge is 2.23. The first kappa shape index (κ1) is 23.8. The summed E-state index contributed by atoms with van der Waals surface area (Å²) in [5, 5.41) is 13.0. The number of hydroxylamine groups is 2. The highest BCUT2D eigenvalue weighted by molar-refractivity contribution is 7.63. The van der Waals surface area contributed by atoms with Gasteiger partial charge in [0.2, 0.25) is 0 Å². The van der Waals surface area contributed by atoms with E-state index < -0.39 is 13.0 Å². The van der Waals surface area contributed by atoms with Crippen LogP contribution in [-0.4, -0.2) is 48.4 Å². The Morgan fingerprint density at radius 3 is 2.16 bits per heavy atom. The van der Waals surface area contributed by atoms with E-state index in [2.05, 4.69) is 19.2 Å². The first-order valence-electron chi connectivity index (χ1n) is 9.07. The minimum atomic E-state index is -2.37. The molecular weight excluding hydrogens is 335 g/mol. The number of hydrogen-bond acceptors (Lipinski definition) is 4. The van der Waals surface area contributed by atoms with Crippen LogP contribution in [0.15, 0.2) is 30.3 Å². The van der Waals surface area contributed by atoms with Crippen LogP contribution in [0.4, 0.5) is 0 Å². The van der Waals surface area contributed by atoms with Crippen molar-refractivity contribution in [2.45, 2.75) is 52.2 Å². The number of benzene rings is 1. The van der Waals surface area contributed by atoms with Gasteiger partial charge in [0.1, 0.15) is 0 Å². The highest BCUT2D eigenvalue weighted by atomic mass is 31.2. The molecular formula is C19H35N2O3P. The zero-order chi connectivity index (χ0) is 19.3. The minimum Gasteiger partial charge on any atom is -0.323 e. The Labute approximate surface area is 153 Å². The Morgan fingerprint density at radius 1 is 1.16 bits per heavy atom. The van der Waals surface area contributed by atoms with Crippen LogP contribution in [0, 0.1) is 0 Å². The fourth-order valence-electron chi connectivity index (χ4n) is 2.05. The molecule has 6 heteroatoms. The third kappa shape index (κ3) is 11.1. The van der Waals surface area contributed by atoms with Crippen LogP contribution < -0.4 is 5.32 Å². The van der Waals surface area contributed by atoms with Crippen molar-refractivity contribution in [1.29, 1.82) is 0 Å². The number of carbonyl (C=O) groups is 1. The molecule has 0 bridgehead atoms. The lowest BCUT2D eigenvalue weighted by Gasteiger charge is -2.23. The molecule has 1 atom stereocenters. The summed E-state index contributed by atoms with van der Waals surface area (Å²) in [6, 6.07) is 9.98. The Morgan fingerprint density at radius 2 is 1.72 bits per heavy atom. The van der Waals surface area contributed by atoms with Crippen molar-refractivity contribution in [1.82, 2.24) is 10.4 Å². The van der Waals surface area contributed by atoms with Crippen LogP contribution in [0.1, 0.15) is 45.6 Å². The molecule has 1 unspecified atom stereocenters. The predicted molar refractivity (Wildman–Crippen MR) is 106 cm³/mol. The third-order valence-electron chi connectivity index (χ3n) is 3.88. The van der Waals surface area contributed by atoms with E-state index in [1.165, 1.54) is 18.4 Å². The van der Waals surface area contributed by atoms with Gasteiger partial charge < -0.3 is 4.57 Å². The molecule has 0 spiro atoms. The van der Waals surface area contributed by atoms with Crippen LogP contribution >= 0.6 is 7.14 Å². The molecule has 5 nitrogen and oxygen atoms in total. The number of hydrogen-bond donors (Lipinski definition) is 2. The number of amides is 1. The van der Waals surface area contributed by atoms with E-state index in [4.69, 9.17) is 0 Å². The van der Waals surface area contributed by atoms with Crippen LogP contribution in [0.5, 0.6) is 0 Å². The van der Waals surface area contributed by atoms with Gasteiger partial charge in [-0.2, -0.15) is 0 Å². The maximum Gasteiger partial charge on any atom is 0.259 e. The van der Waals surface area contributed by atoms with Gasteiger partial charge in [0, 0.05) is 6.54 Å². The Hall–Kier alpha value is -1.16. The summed E-state index contributed by atoms with van der Waals surface area (Å²) in [6.45, 7) is 9.73. The molecule has 0 saturated carbocycles. The average molecular weight is 370 g/mol. The molecule has 144 valence electrons. The predicted octanol–water partition coefficient (Wildman–Crippen LogP) is 4.20. The van der Waals surface area contributed by atoms with Gasteiger partial charge in [-0.15, -0.1) is 0 Å². The standard InChI is InChI=1S/C15H25N2O3P.C4H10/c1-4-17(19)15(18)12-16-14(21(2,3)20)11-10-13-8-6-5-7-9-13;1-3-4-2/h5-9,14,16,19H,4,10-12H2,1-3H3;3-4H2,1-2H3.